The zero-order chi connectivity index (χ0) is 11.3. The molecule has 0 unspecified atom stereocenters. The van der Waals surface area contributed by atoms with Gasteiger partial charge < -0.3 is 16.0 Å². The second kappa shape index (κ2) is 5.14. The van der Waals surface area contributed by atoms with E-state index < -0.39 is 5.56 Å². The predicted octanol–water partition coefficient (Wildman–Crippen LogP) is 0.481. The minimum atomic E-state index is -0.438. The number of nitrogens with two attached hydrogens (primary N) is 1. The topological polar surface area (TPSA) is 101 Å². The number of hydrogen-bond donors (Lipinski definition) is 3. The van der Waals surface area contributed by atoms with Crippen LogP contribution < -0.4 is 16.6 Å². The molecule has 0 fully saturated rings. The van der Waals surface area contributed by atoms with Crippen LogP contribution in [0.15, 0.2) is 11.1 Å². The number of hydrogen-bond acceptors (Lipinski definition) is 4. The molecule has 0 saturated heterocycles. The van der Waals surface area contributed by atoms with Gasteiger partial charge in [0, 0.05) is 6.42 Å². The maximum atomic E-state index is 11.3. The number of carbonyl (C=O) groups excluding carboxylic acids is 1. The third-order valence-electron chi connectivity index (χ3n) is 1.90. The lowest BCUT2D eigenvalue weighted by Gasteiger charge is -2.04. The summed E-state index contributed by atoms with van der Waals surface area (Å²) in [6, 6.07) is 0. The highest BCUT2D eigenvalue weighted by molar-refractivity contribution is 5.92. The van der Waals surface area contributed by atoms with Crippen molar-refractivity contribution in [3.05, 3.63) is 16.7 Å². The Morgan fingerprint density at radius 1 is 1.67 bits per heavy atom. The molecule has 6 heteroatoms. The molecule has 0 aromatic carbocycles. The van der Waals surface area contributed by atoms with Crippen LogP contribution >= 0.6 is 0 Å². The molecule has 0 spiro atoms. The van der Waals surface area contributed by atoms with Crippen LogP contribution in [-0.4, -0.2) is 15.9 Å². The molecule has 0 aliphatic heterocycles. The predicted molar refractivity (Wildman–Crippen MR) is 57.4 cm³/mol. The molecule has 15 heavy (non-hydrogen) atoms. The van der Waals surface area contributed by atoms with Crippen molar-refractivity contribution in [1.82, 2.24) is 9.97 Å². The number of anilines is 2. The van der Waals surface area contributed by atoms with Gasteiger partial charge >= 0.3 is 0 Å². The molecule has 0 saturated carbocycles. The van der Waals surface area contributed by atoms with Crippen molar-refractivity contribution < 1.29 is 4.79 Å². The number of aromatic nitrogens is 2. The highest BCUT2D eigenvalue weighted by Crippen LogP contribution is 2.07. The van der Waals surface area contributed by atoms with Crippen LogP contribution in [0, 0.1) is 0 Å². The number of unbranched alkanes of at least 4 members (excludes halogenated alkanes) is 1. The normalized spacial score (nSPS) is 9.93. The number of H-pyrrole nitrogens is 1. The Balaban J connectivity index is 2.72. The van der Waals surface area contributed by atoms with Crippen LogP contribution in [0.4, 0.5) is 11.5 Å². The maximum Gasteiger partial charge on any atom is 0.276 e. The second-order valence-corrected chi connectivity index (χ2v) is 3.14. The molecule has 82 valence electrons. The molecule has 1 aromatic rings. The van der Waals surface area contributed by atoms with Crippen molar-refractivity contribution in [3.63, 3.8) is 0 Å². The van der Waals surface area contributed by atoms with E-state index in [9.17, 15) is 9.59 Å². The van der Waals surface area contributed by atoms with Gasteiger partial charge in [-0.1, -0.05) is 13.3 Å². The molecule has 0 bridgehead atoms. The van der Waals surface area contributed by atoms with Crippen molar-refractivity contribution in [2.24, 2.45) is 0 Å². The van der Waals surface area contributed by atoms with E-state index in [-0.39, 0.29) is 17.4 Å². The molecule has 1 amide bonds. The number of nitrogens with one attached hydrogen (secondary N) is 2. The highest BCUT2D eigenvalue weighted by Gasteiger charge is 2.08. The van der Waals surface area contributed by atoms with Gasteiger partial charge in [-0.3, -0.25) is 9.59 Å². The van der Waals surface area contributed by atoms with E-state index in [1.807, 2.05) is 6.92 Å². The van der Waals surface area contributed by atoms with Gasteiger partial charge in [-0.2, -0.15) is 0 Å². The first-order valence-corrected chi connectivity index (χ1v) is 4.78. The number of aromatic amines is 1. The van der Waals surface area contributed by atoms with Crippen molar-refractivity contribution in [1.29, 1.82) is 0 Å². The fourth-order valence-electron chi connectivity index (χ4n) is 1.07. The molecule has 0 atom stereocenters. The van der Waals surface area contributed by atoms with Crippen LogP contribution in [0.1, 0.15) is 26.2 Å². The minimum Gasteiger partial charge on any atom is -0.382 e. The Hall–Kier alpha value is -1.85. The first-order valence-electron chi connectivity index (χ1n) is 4.78. The Bertz CT molecular complexity index is 399. The van der Waals surface area contributed by atoms with Crippen molar-refractivity contribution >= 4 is 17.4 Å². The summed E-state index contributed by atoms with van der Waals surface area (Å²) in [6.07, 6.45) is 3.28. The van der Waals surface area contributed by atoms with Gasteiger partial charge in [0.25, 0.3) is 5.56 Å². The van der Waals surface area contributed by atoms with E-state index >= 15 is 0 Å². The average molecular weight is 210 g/mol. The lowest BCUT2D eigenvalue weighted by Crippen LogP contribution is -2.21. The number of rotatable bonds is 4. The zero-order valence-corrected chi connectivity index (χ0v) is 8.54. The molecule has 1 rings (SSSR count). The second-order valence-electron chi connectivity index (χ2n) is 3.14. The van der Waals surface area contributed by atoms with Gasteiger partial charge in [0.2, 0.25) is 5.91 Å². The average Bonchev–Trinajstić information content (AvgIpc) is 2.21. The largest absolute Gasteiger partial charge is 0.382 e. The molecule has 6 nitrogen and oxygen atoms in total. The van der Waals surface area contributed by atoms with Crippen LogP contribution in [0.25, 0.3) is 0 Å². The third-order valence-corrected chi connectivity index (χ3v) is 1.90. The molecule has 0 aliphatic rings. The summed E-state index contributed by atoms with van der Waals surface area (Å²) in [6.45, 7) is 1.98. The number of amides is 1. The van der Waals surface area contributed by atoms with Gasteiger partial charge in [-0.15, -0.1) is 0 Å². The van der Waals surface area contributed by atoms with Gasteiger partial charge in [0.15, 0.2) is 5.82 Å². The number of nitrogen functional groups attached to an aromatic ring is 1. The molecule has 0 aliphatic carbocycles. The Morgan fingerprint density at radius 2 is 2.40 bits per heavy atom. The van der Waals surface area contributed by atoms with Crippen molar-refractivity contribution in [3.8, 4) is 0 Å². The number of nitrogens with zero attached hydrogens (tertiary/aromatic N) is 1. The third kappa shape index (κ3) is 3.08. The van der Waals surface area contributed by atoms with E-state index in [1.54, 1.807) is 0 Å². The van der Waals surface area contributed by atoms with Crippen LogP contribution in [0.2, 0.25) is 0 Å². The number of carbonyl (C=O) groups is 1. The summed E-state index contributed by atoms with van der Waals surface area (Å²) in [4.78, 5) is 28.6. The van der Waals surface area contributed by atoms with E-state index in [0.717, 1.165) is 12.8 Å². The Morgan fingerprint density at radius 3 is 3.00 bits per heavy atom. The summed E-state index contributed by atoms with van der Waals surface area (Å²) in [5.41, 5.74) is 5.04. The van der Waals surface area contributed by atoms with E-state index in [2.05, 4.69) is 15.3 Å². The summed E-state index contributed by atoms with van der Waals surface area (Å²) >= 11 is 0. The van der Waals surface area contributed by atoms with Gasteiger partial charge in [0.1, 0.15) is 5.69 Å². The molecular weight excluding hydrogens is 196 g/mol. The maximum absolute atomic E-state index is 11.3. The smallest absolute Gasteiger partial charge is 0.276 e. The fraction of sp³-hybridized carbons (Fsp3) is 0.444. The molecule has 1 heterocycles. The monoisotopic (exact) mass is 210 g/mol. The van der Waals surface area contributed by atoms with Gasteiger partial charge in [0.05, 0.1) is 6.33 Å². The standard InChI is InChI=1S/C9H14N4O2/c1-2-3-4-6(14)13-7-8(10)11-5-12-9(7)15/h5H,2-4H2,1H3,(H,13,14)(H3,10,11,12,15). The first-order chi connectivity index (χ1) is 7.15. The van der Waals surface area contributed by atoms with E-state index in [0.29, 0.717) is 6.42 Å². The van der Waals surface area contributed by atoms with Gasteiger partial charge in [-0.05, 0) is 6.42 Å². The Kier molecular flexibility index (Phi) is 3.84. The molecule has 0 radical (unpaired) electrons. The van der Waals surface area contributed by atoms with Crippen molar-refractivity contribution in [2.45, 2.75) is 26.2 Å². The summed E-state index contributed by atoms with van der Waals surface area (Å²) < 4.78 is 0. The van der Waals surface area contributed by atoms with E-state index in [1.165, 1.54) is 6.33 Å². The van der Waals surface area contributed by atoms with Crippen LogP contribution in [0.3, 0.4) is 0 Å². The first kappa shape index (κ1) is 11.2. The zero-order valence-electron chi connectivity index (χ0n) is 8.54. The van der Waals surface area contributed by atoms with E-state index in [4.69, 9.17) is 5.73 Å². The quantitative estimate of drug-likeness (QED) is 0.672. The summed E-state index contributed by atoms with van der Waals surface area (Å²) in [5, 5.41) is 2.44. The minimum absolute atomic E-state index is 0.0265. The Labute approximate surface area is 86.9 Å². The van der Waals surface area contributed by atoms with Crippen LogP contribution in [0.5, 0.6) is 0 Å². The van der Waals surface area contributed by atoms with Crippen LogP contribution in [-0.2, 0) is 4.79 Å². The lowest BCUT2D eigenvalue weighted by molar-refractivity contribution is -0.116. The highest BCUT2D eigenvalue weighted by atomic mass is 16.2. The summed E-state index contributed by atoms with van der Waals surface area (Å²) in [7, 11) is 0. The summed E-state index contributed by atoms with van der Waals surface area (Å²) in [5.74, 6) is -0.189. The molecule has 4 N–H and O–H groups in total. The SMILES string of the molecule is CCCCC(=O)Nc1c(N)nc[nH]c1=O. The van der Waals surface area contributed by atoms with Crippen molar-refractivity contribution in [2.75, 3.05) is 11.1 Å². The molecule has 1 aromatic heterocycles. The lowest BCUT2D eigenvalue weighted by atomic mass is 10.2. The fourth-order valence-corrected chi connectivity index (χ4v) is 1.07. The van der Waals surface area contributed by atoms with Gasteiger partial charge in [-0.25, -0.2) is 4.98 Å². The molecular formula is C9H14N4O2.